The molecule has 0 aliphatic carbocycles. The Bertz CT molecular complexity index is 437. The Morgan fingerprint density at radius 3 is 2.47 bits per heavy atom. The number of amides is 1. The van der Waals surface area contributed by atoms with Gasteiger partial charge in [0.2, 0.25) is 6.41 Å². The lowest BCUT2D eigenvalue weighted by atomic mass is 10.1. The number of benzene rings is 1. The van der Waals surface area contributed by atoms with E-state index < -0.39 is 0 Å². The third-order valence-corrected chi connectivity index (χ3v) is 2.11. The van der Waals surface area contributed by atoms with Gasteiger partial charge in [-0.2, -0.15) is 0 Å². The van der Waals surface area contributed by atoms with Crippen LogP contribution in [0, 0.1) is 0 Å². The number of hydrogen-bond donors (Lipinski definition) is 1. The van der Waals surface area contributed by atoms with Crippen molar-refractivity contribution in [2.24, 2.45) is 0 Å². The van der Waals surface area contributed by atoms with Crippen LogP contribution in [0.5, 0.6) is 0 Å². The van der Waals surface area contributed by atoms with Crippen LogP contribution < -0.4 is 5.32 Å². The molecule has 1 N–H and O–H groups in total. The molecule has 0 radical (unpaired) electrons. The molecule has 1 heterocycles. The van der Waals surface area contributed by atoms with E-state index in [1.807, 2.05) is 42.6 Å². The van der Waals surface area contributed by atoms with Crippen molar-refractivity contribution in [3.8, 4) is 11.1 Å². The van der Waals surface area contributed by atoms with Crippen LogP contribution in [0.25, 0.3) is 11.1 Å². The summed E-state index contributed by atoms with van der Waals surface area (Å²) < 4.78 is 0. The molecule has 3 nitrogen and oxygen atoms in total. The average Bonchev–Trinajstić information content (AvgIpc) is 2.32. The largest absolute Gasteiger partial charge is 0.329 e. The standard InChI is InChI=1S/C12H10N2O/c15-9-14-12-5-3-10(4-6-12)11-2-1-7-13-8-11/h1-9H,(H,14,15). The van der Waals surface area contributed by atoms with Gasteiger partial charge in [-0.3, -0.25) is 9.78 Å². The highest BCUT2D eigenvalue weighted by Gasteiger charge is 1.96. The SMILES string of the molecule is O=CNc1ccc(-c2cccnc2)cc1. The average molecular weight is 198 g/mol. The van der Waals surface area contributed by atoms with Crippen LogP contribution in [0.3, 0.4) is 0 Å². The number of carbonyl (C=O) groups excluding carboxylic acids is 1. The first-order valence-corrected chi connectivity index (χ1v) is 4.61. The van der Waals surface area contributed by atoms with Gasteiger partial charge in [0.25, 0.3) is 0 Å². The quantitative estimate of drug-likeness (QED) is 0.769. The number of rotatable bonds is 3. The minimum Gasteiger partial charge on any atom is -0.329 e. The van der Waals surface area contributed by atoms with Gasteiger partial charge in [0.15, 0.2) is 0 Å². The lowest BCUT2D eigenvalue weighted by molar-refractivity contribution is -0.105. The molecule has 0 saturated carbocycles. The first-order chi connectivity index (χ1) is 7.40. The molecule has 0 fully saturated rings. The normalized spacial score (nSPS) is 9.60. The Morgan fingerprint density at radius 1 is 1.07 bits per heavy atom. The van der Waals surface area contributed by atoms with Crippen molar-refractivity contribution in [2.75, 3.05) is 5.32 Å². The highest BCUT2D eigenvalue weighted by molar-refractivity contribution is 5.73. The van der Waals surface area contributed by atoms with E-state index in [1.165, 1.54) is 0 Å². The summed E-state index contributed by atoms with van der Waals surface area (Å²) in [4.78, 5) is 14.3. The molecule has 0 bridgehead atoms. The van der Waals surface area contributed by atoms with Gasteiger partial charge >= 0.3 is 0 Å². The van der Waals surface area contributed by atoms with Crippen molar-refractivity contribution < 1.29 is 4.79 Å². The highest BCUT2D eigenvalue weighted by Crippen LogP contribution is 2.19. The zero-order valence-electron chi connectivity index (χ0n) is 8.05. The van der Waals surface area contributed by atoms with E-state index in [0.29, 0.717) is 6.41 Å². The first kappa shape index (κ1) is 9.40. The third-order valence-electron chi connectivity index (χ3n) is 2.11. The van der Waals surface area contributed by atoms with Crippen molar-refractivity contribution >= 4 is 12.1 Å². The van der Waals surface area contributed by atoms with Crippen LogP contribution in [-0.4, -0.2) is 11.4 Å². The number of anilines is 1. The summed E-state index contributed by atoms with van der Waals surface area (Å²) >= 11 is 0. The molecule has 74 valence electrons. The van der Waals surface area contributed by atoms with Gasteiger partial charge in [0.05, 0.1) is 0 Å². The van der Waals surface area contributed by atoms with Crippen molar-refractivity contribution in [1.29, 1.82) is 0 Å². The fourth-order valence-electron chi connectivity index (χ4n) is 1.36. The molecule has 0 aliphatic heterocycles. The van der Waals surface area contributed by atoms with Crippen molar-refractivity contribution in [3.63, 3.8) is 0 Å². The van der Waals surface area contributed by atoms with Gasteiger partial charge in [-0.25, -0.2) is 0 Å². The Labute approximate surface area is 87.8 Å². The number of pyridine rings is 1. The number of hydrogen-bond acceptors (Lipinski definition) is 2. The van der Waals surface area contributed by atoms with Crippen molar-refractivity contribution in [2.45, 2.75) is 0 Å². The molecule has 1 aromatic carbocycles. The van der Waals surface area contributed by atoms with Crippen LogP contribution in [0.1, 0.15) is 0 Å². The maximum atomic E-state index is 10.2. The van der Waals surface area contributed by atoms with E-state index in [1.54, 1.807) is 6.20 Å². The second-order valence-electron chi connectivity index (χ2n) is 3.08. The highest BCUT2D eigenvalue weighted by atomic mass is 16.1. The summed E-state index contributed by atoms with van der Waals surface area (Å²) in [5.41, 5.74) is 2.94. The Morgan fingerprint density at radius 2 is 1.87 bits per heavy atom. The summed E-state index contributed by atoms with van der Waals surface area (Å²) in [6.45, 7) is 0. The molecular weight excluding hydrogens is 188 g/mol. The smallest absolute Gasteiger partial charge is 0.211 e. The van der Waals surface area contributed by atoms with E-state index >= 15 is 0 Å². The second kappa shape index (κ2) is 4.37. The Kier molecular flexibility index (Phi) is 2.74. The number of carbonyl (C=O) groups is 1. The molecule has 0 aliphatic rings. The molecule has 0 spiro atoms. The van der Waals surface area contributed by atoms with E-state index in [0.717, 1.165) is 16.8 Å². The predicted octanol–water partition coefficient (Wildman–Crippen LogP) is 2.32. The zero-order chi connectivity index (χ0) is 10.5. The molecule has 1 amide bonds. The first-order valence-electron chi connectivity index (χ1n) is 4.61. The van der Waals surface area contributed by atoms with Crippen LogP contribution in [0.15, 0.2) is 48.8 Å². The van der Waals surface area contributed by atoms with Gasteiger partial charge in [-0.1, -0.05) is 18.2 Å². The summed E-state index contributed by atoms with van der Waals surface area (Å²) in [6, 6.07) is 11.5. The van der Waals surface area contributed by atoms with Gasteiger partial charge in [-0.05, 0) is 29.3 Å². The van der Waals surface area contributed by atoms with E-state index in [4.69, 9.17) is 0 Å². The molecule has 2 aromatic rings. The summed E-state index contributed by atoms with van der Waals surface area (Å²) in [5.74, 6) is 0. The fraction of sp³-hybridized carbons (Fsp3) is 0. The van der Waals surface area contributed by atoms with Crippen LogP contribution >= 0.6 is 0 Å². The third kappa shape index (κ3) is 2.20. The van der Waals surface area contributed by atoms with E-state index in [-0.39, 0.29) is 0 Å². The summed E-state index contributed by atoms with van der Waals surface area (Å²) in [5, 5.41) is 2.59. The number of nitrogens with zero attached hydrogens (tertiary/aromatic N) is 1. The molecule has 1 aromatic heterocycles. The molecule has 0 saturated heterocycles. The van der Waals surface area contributed by atoms with Gasteiger partial charge < -0.3 is 5.32 Å². The lowest BCUT2D eigenvalue weighted by Crippen LogP contribution is -1.92. The van der Waals surface area contributed by atoms with Gasteiger partial charge in [0, 0.05) is 18.1 Å². The second-order valence-corrected chi connectivity index (χ2v) is 3.08. The number of nitrogens with one attached hydrogen (secondary N) is 1. The topological polar surface area (TPSA) is 42.0 Å². The molecule has 0 unspecified atom stereocenters. The minimum atomic E-state index is 0.666. The maximum Gasteiger partial charge on any atom is 0.211 e. The fourth-order valence-corrected chi connectivity index (χ4v) is 1.36. The molecule has 15 heavy (non-hydrogen) atoms. The summed E-state index contributed by atoms with van der Waals surface area (Å²) in [7, 11) is 0. The molecular formula is C12H10N2O. The van der Waals surface area contributed by atoms with Gasteiger partial charge in [0.1, 0.15) is 0 Å². The lowest BCUT2D eigenvalue weighted by Gasteiger charge is -2.02. The van der Waals surface area contributed by atoms with Crippen molar-refractivity contribution in [3.05, 3.63) is 48.8 Å². The van der Waals surface area contributed by atoms with Crippen LogP contribution in [0.2, 0.25) is 0 Å². The summed E-state index contributed by atoms with van der Waals surface area (Å²) in [6.07, 6.45) is 4.22. The minimum absolute atomic E-state index is 0.666. The predicted molar refractivity (Wildman–Crippen MR) is 59.4 cm³/mol. The maximum absolute atomic E-state index is 10.2. The molecule has 0 atom stereocenters. The number of aromatic nitrogens is 1. The van der Waals surface area contributed by atoms with Gasteiger partial charge in [-0.15, -0.1) is 0 Å². The Hall–Kier alpha value is -2.16. The zero-order valence-corrected chi connectivity index (χ0v) is 8.05. The molecule has 2 rings (SSSR count). The monoisotopic (exact) mass is 198 g/mol. The van der Waals surface area contributed by atoms with Crippen molar-refractivity contribution in [1.82, 2.24) is 4.98 Å². The molecule has 3 heteroatoms. The van der Waals surface area contributed by atoms with Crippen LogP contribution in [0.4, 0.5) is 5.69 Å². The van der Waals surface area contributed by atoms with E-state index in [9.17, 15) is 4.79 Å². The van der Waals surface area contributed by atoms with E-state index in [2.05, 4.69) is 10.3 Å². The van der Waals surface area contributed by atoms with Crippen LogP contribution in [-0.2, 0) is 4.79 Å². The Balaban J connectivity index is 2.28.